The molecule has 0 unspecified atom stereocenters. The van der Waals surface area contributed by atoms with Crippen LogP contribution in [0.5, 0.6) is 11.5 Å². The number of furan rings is 1. The zero-order valence-electron chi connectivity index (χ0n) is 15.5. The first-order valence-electron chi connectivity index (χ1n) is 8.89. The van der Waals surface area contributed by atoms with Crippen molar-refractivity contribution >= 4 is 17.9 Å². The van der Waals surface area contributed by atoms with Crippen molar-refractivity contribution in [3.8, 4) is 11.5 Å². The molecule has 0 atom stereocenters. The highest BCUT2D eigenvalue weighted by Gasteiger charge is 2.04. The van der Waals surface area contributed by atoms with Crippen LogP contribution < -0.4 is 20.3 Å². The fourth-order valence-electron chi connectivity index (χ4n) is 2.27. The predicted molar refractivity (Wildman–Crippen MR) is 107 cm³/mol. The lowest BCUT2D eigenvalue weighted by molar-refractivity contribution is -0.128. The van der Waals surface area contributed by atoms with Crippen molar-refractivity contribution in [2.24, 2.45) is 0 Å². The number of rotatable bonds is 8. The van der Waals surface area contributed by atoms with Crippen molar-refractivity contribution in [2.45, 2.75) is 6.61 Å². The van der Waals surface area contributed by atoms with Gasteiger partial charge in [-0.15, -0.1) is 0 Å². The van der Waals surface area contributed by atoms with Gasteiger partial charge in [-0.25, -0.2) is 0 Å². The van der Waals surface area contributed by atoms with Gasteiger partial charge in [-0.05, 0) is 48.0 Å². The number of hydrogen-bond acceptors (Lipinski definition) is 5. The molecule has 0 aliphatic carbocycles. The second kappa shape index (κ2) is 10.4. The van der Waals surface area contributed by atoms with Gasteiger partial charge in [-0.1, -0.05) is 30.3 Å². The van der Waals surface area contributed by atoms with Crippen LogP contribution in [0.1, 0.15) is 11.3 Å². The van der Waals surface area contributed by atoms with Crippen LogP contribution in [0.15, 0.2) is 83.5 Å². The second-order valence-corrected chi connectivity index (χ2v) is 5.92. The Morgan fingerprint density at radius 3 is 2.28 bits per heavy atom. The molecule has 2 N–H and O–H groups in total. The molecule has 3 rings (SSSR count). The first kappa shape index (κ1) is 19.8. The Labute approximate surface area is 167 Å². The maximum Gasteiger partial charge on any atom is 0.276 e. The molecule has 3 aromatic rings. The number of nitrogens with one attached hydrogen (secondary N) is 2. The number of ether oxygens (including phenoxy) is 2. The summed E-state index contributed by atoms with van der Waals surface area (Å²) < 4.78 is 16.1. The Morgan fingerprint density at radius 1 is 0.862 bits per heavy atom. The van der Waals surface area contributed by atoms with Gasteiger partial charge >= 0.3 is 0 Å². The van der Waals surface area contributed by atoms with Crippen molar-refractivity contribution in [2.75, 3.05) is 6.61 Å². The molecular formula is C22H20N2O5. The first-order chi connectivity index (χ1) is 14.2. The van der Waals surface area contributed by atoms with Crippen LogP contribution in [0.25, 0.3) is 6.08 Å². The standard InChI is InChI=1S/C22H20N2O5/c25-21(13-12-18-7-4-14-27-18)23-24-22(26)16-29-20-10-8-19(9-11-20)28-15-17-5-2-1-3-6-17/h1-14H,15-16H2,(H,23,25)(H,24,26)/b13-12+. The molecule has 0 spiro atoms. The van der Waals surface area contributed by atoms with E-state index in [1.807, 2.05) is 30.3 Å². The molecule has 0 fully saturated rings. The van der Waals surface area contributed by atoms with Gasteiger partial charge < -0.3 is 13.9 Å². The van der Waals surface area contributed by atoms with Crippen LogP contribution in [0.2, 0.25) is 0 Å². The number of amides is 2. The first-order valence-corrected chi connectivity index (χ1v) is 8.89. The summed E-state index contributed by atoms with van der Waals surface area (Å²) in [5.74, 6) is 0.757. The SMILES string of the molecule is O=C(/C=C/c1ccco1)NNC(=O)COc1ccc(OCc2ccccc2)cc1. The highest BCUT2D eigenvalue weighted by molar-refractivity contribution is 5.92. The van der Waals surface area contributed by atoms with E-state index in [1.54, 1.807) is 36.4 Å². The Hall–Kier alpha value is -4.00. The van der Waals surface area contributed by atoms with Crippen molar-refractivity contribution < 1.29 is 23.5 Å². The van der Waals surface area contributed by atoms with Crippen LogP contribution in [0.4, 0.5) is 0 Å². The summed E-state index contributed by atoms with van der Waals surface area (Å²) in [7, 11) is 0. The molecule has 0 radical (unpaired) electrons. The van der Waals surface area contributed by atoms with E-state index in [0.717, 1.165) is 5.56 Å². The molecule has 0 saturated carbocycles. The number of carbonyl (C=O) groups excluding carboxylic acids is 2. The van der Waals surface area contributed by atoms with Gasteiger partial charge in [0.1, 0.15) is 23.9 Å². The number of carbonyl (C=O) groups is 2. The highest BCUT2D eigenvalue weighted by atomic mass is 16.5. The Bertz CT molecular complexity index is 935. The summed E-state index contributed by atoms with van der Waals surface area (Å²) in [4.78, 5) is 23.4. The zero-order chi connectivity index (χ0) is 20.3. The third-order valence-electron chi connectivity index (χ3n) is 3.71. The maximum atomic E-state index is 11.8. The smallest absolute Gasteiger partial charge is 0.276 e. The van der Waals surface area contributed by atoms with E-state index in [4.69, 9.17) is 13.9 Å². The van der Waals surface area contributed by atoms with E-state index >= 15 is 0 Å². The summed E-state index contributed by atoms with van der Waals surface area (Å²) >= 11 is 0. The lowest BCUT2D eigenvalue weighted by Gasteiger charge is -2.09. The fraction of sp³-hybridized carbons (Fsp3) is 0.0909. The molecule has 0 aliphatic rings. The third kappa shape index (κ3) is 6.91. The average molecular weight is 392 g/mol. The minimum atomic E-state index is -0.492. The average Bonchev–Trinajstić information content (AvgIpc) is 3.28. The van der Waals surface area contributed by atoms with Crippen molar-refractivity contribution in [3.05, 3.63) is 90.4 Å². The van der Waals surface area contributed by atoms with Crippen molar-refractivity contribution in [1.82, 2.24) is 10.9 Å². The molecule has 1 aromatic heterocycles. The van der Waals surface area contributed by atoms with Gasteiger partial charge in [-0.2, -0.15) is 0 Å². The van der Waals surface area contributed by atoms with Crippen LogP contribution in [0, 0.1) is 0 Å². The monoisotopic (exact) mass is 392 g/mol. The van der Waals surface area contributed by atoms with Crippen LogP contribution in [-0.2, 0) is 16.2 Å². The third-order valence-corrected chi connectivity index (χ3v) is 3.71. The van der Waals surface area contributed by atoms with E-state index in [2.05, 4.69) is 10.9 Å². The van der Waals surface area contributed by atoms with Crippen LogP contribution >= 0.6 is 0 Å². The summed E-state index contributed by atoms with van der Waals surface area (Å²) in [6.45, 7) is 0.226. The molecule has 2 aromatic carbocycles. The van der Waals surface area contributed by atoms with Crippen molar-refractivity contribution in [3.63, 3.8) is 0 Å². The fourth-order valence-corrected chi connectivity index (χ4v) is 2.27. The van der Waals surface area contributed by atoms with Gasteiger partial charge in [0.25, 0.3) is 11.8 Å². The van der Waals surface area contributed by atoms with E-state index < -0.39 is 11.8 Å². The second-order valence-electron chi connectivity index (χ2n) is 5.92. The van der Waals surface area contributed by atoms with Crippen molar-refractivity contribution in [1.29, 1.82) is 0 Å². The molecule has 0 saturated heterocycles. The lowest BCUT2D eigenvalue weighted by atomic mass is 10.2. The summed E-state index contributed by atoms with van der Waals surface area (Å²) in [5.41, 5.74) is 5.59. The van der Waals surface area contributed by atoms with E-state index in [-0.39, 0.29) is 6.61 Å². The van der Waals surface area contributed by atoms with Gasteiger partial charge in [0.05, 0.1) is 6.26 Å². The molecule has 1 heterocycles. The quantitative estimate of drug-likeness (QED) is 0.454. The van der Waals surface area contributed by atoms with Gasteiger partial charge in [0.2, 0.25) is 0 Å². The Morgan fingerprint density at radius 2 is 1.59 bits per heavy atom. The van der Waals surface area contributed by atoms with Gasteiger partial charge in [0, 0.05) is 6.08 Å². The largest absolute Gasteiger partial charge is 0.489 e. The Kier molecular flexibility index (Phi) is 7.06. The van der Waals surface area contributed by atoms with Gasteiger partial charge in [0.15, 0.2) is 6.61 Å². The van der Waals surface area contributed by atoms with Crippen LogP contribution in [-0.4, -0.2) is 18.4 Å². The summed E-state index contributed by atoms with van der Waals surface area (Å²) in [6.07, 6.45) is 4.23. The molecule has 148 valence electrons. The number of benzene rings is 2. The van der Waals surface area contributed by atoms with E-state index in [0.29, 0.717) is 23.9 Å². The minimum Gasteiger partial charge on any atom is -0.489 e. The number of hydrogen-bond donors (Lipinski definition) is 2. The predicted octanol–water partition coefficient (Wildman–Crippen LogP) is 3.10. The molecule has 0 bridgehead atoms. The molecule has 7 nitrogen and oxygen atoms in total. The van der Waals surface area contributed by atoms with Gasteiger partial charge in [-0.3, -0.25) is 20.4 Å². The topological polar surface area (TPSA) is 89.8 Å². The molecule has 2 amide bonds. The summed E-state index contributed by atoms with van der Waals surface area (Å²) in [5, 5.41) is 0. The number of hydrazine groups is 1. The normalized spacial score (nSPS) is 10.5. The van der Waals surface area contributed by atoms with Crippen LogP contribution in [0.3, 0.4) is 0 Å². The zero-order valence-corrected chi connectivity index (χ0v) is 15.5. The lowest BCUT2D eigenvalue weighted by Crippen LogP contribution is -2.43. The molecule has 29 heavy (non-hydrogen) atoms. The Balaban J connectivity index is 1.35. The van der Waals surface area contributed by atoms with E-state index in [1.165, 1.54) is 18.4 Å². The molecular weight excluding hydrogens is 372 g/mol. The highest BCUT2D eigenvalue weighted by Crippen LogP contribution is 2.18. The molecule has 0 aliphatic heterocycles. The maximum absolute atomic E-state index is 11.8. The summed E-state index contributed by atoms with van der Waals surface area (Å²) in [6, 6.07) is 20.2. The van der Waals surface area contributed by atoms with E-state index in [9.17, 15) is 9.59 Å². The molecule has 7 heteroatoms. The minimum absolute atomic E-state index is 0.244.